The molecule has 1 saturated heterocycles. The molecule has 0 aromatic heterocycles. The van der Waals surface area contributed by atoms with Crippen LogP contribution in [0.1, 0.15) is 34.8 Å². The number of benzene rings is 4. The Morgan fingerprint density at radius 3 is 2.48 bits per heavy atom. The first-order chi connectivity index (χ1) is 22.0. The summed E-state index contributed by atoms with van der Waals surface area (Å²) in [4.78, 5) is 25.1. The SMILES string of the molecule is COC(=O)c1ccc(NC(=O)Cc2cc(F)c(-c3cccc4c3OC(C)(c3ccc(Cl)cc3F)O4)cc2F)c(NC[C@@H]2CCO2)c1. The first-order valence-electron chi connectivity index (χ1n) is 14.4. The molecule has 2 atom stereocenters. The van der Waals surface area contributed by atoms with Crippen molar-refractivity contribution in [3.63, 3.8) is 0 Å². The monoisotopic (exact) mass is 652 g/mol. The number of methoxy groups -OCH3 is 1. The summed E-state index contributed by atoms with van der Waals surface area (Å²) in [7, 11) is 1.26. The quantitative estimate of drug-likeness (QED) is 0.184. The van der Waals surface area contributed by atoms with Gasteiger partial charge in [-0.05, 0) is 61.0 Å². The van der Waals surface area contributed by atoms with Gasteiger partial charge in [-0.15, -0.1) is 0 Å². The Morgan fingerprint density at radius 2 is 1.76 bits per heavy atom. The molecule has 0 aliphatic carbocycles. The molecule has 0 saturated carbocycles. The van der Waals surface area contributed by atoms with Gasteiger partial charge in [0.25, 0.3) is 5.79 Å². The molecule has 12 heteroatoms. The Labute approximate surface area is 267 Å². The molecule has 8 nitrogen and oxygen atoms in total. The van der Waals surface area contributed by atoms with Gasteiger partial charge in [0.15, 0.2) is 11.5 Å². The van der Waals surface area contributed by atoms with Crippen molar-refractivity contribution in [2.75, 3.05) is 30.9 Å². The molecule has 0 bridgehead atoms. The van der Waals surface area contributed by atoms with Gasteiger partial charge in [0.05, 0.1) is 42.1 Å². The van der Waals surface area contributed by atoms with E-state index in [0.717, 1.165) is 24.6 Å². The first kappa shape index (κ1) is 31.3. The van der Waals surface area contributed by atoms with Crippen molar-refractivity contribution in [1.82, 2.24) is 0 Å². The van der Waals surface area contributed by atoms with Crippen LogP contribution in [0.3, 0.4) is 0 Å². The van der Waals surface area contributed by atoms with Gasteiger partial charge in [-0.25, -0.2) is 18.0 Å². The molecule has 238 valence electrons. The molecule has 1 unspecified atom stereocenters. The predicted molar refractivity (Wildman–Crippen MR) is 165 cm³/mol. The molecule has 0 spiro atoms. The second kappa shape index (κ2) is 12.6. The van der Waals surface area contributed by atoms with Gasteiger partial charge in [0, 0.05) is 41.8 Å². The van der Waals surface area contributed by atoms with Crippen LogP contribution in [0.15, 0.2) is 66.7 Å². The normalized spacial score (nSPS) is 18.1. The molecular formula is C34H28ClF3N2O6. The lowest BCUT2D eigenvalue weighted by molar-refractivity contribution is -0.115. The summed E-state index contributed by atoms with van der Waals surface area (Å²) < 4.78 is 67.9. The second-order valence-corrected chi connectivity index (χ2v) is 11.4. The summed E-state index contributed by atoms with van der Waals surface area (Å²) in [5.74, 6) is -4.73. The van der Waals surface area contributed by atoms with Gasteiger partial charge in [0.1, 0.15) is 17.5 Å². The number of fused-ring (bicyclic) bond motifs is 1. The predicted octanol–water partition coefficient (Wildman–Crippen LogP) is 7.24. The largest absolute Gasteiger partial charge is 0.465 e. The number of esters is 1. The van der Waals surface area contributed by atoms with Crippen LogP contribution >= 0.6 is 11.6 Å². The molecule has 2 heterocycles. The summed E-state index contributed by atoms with van der Waals surface area (Å²) >= 11 is 5.89. The van der Waals surface area contributed by atoms with E-state index >= 15 is 8.78 Å². The molecule has 4 aromatic rings. The molecule has 1 amide bonds. The lowest BCUT2D eigenvalue weighted by Gasteiger charge is -2.27. The molecule has 2 aliphatic rings. The zero-order valence-corrected chi connectivity index (χ0v) is 25.5. The topological polar surface area (TPSA) is 95.1 Å². The second-order valence-electron chi connectivity index (χ2n) is 11.0. The summed E-state index contributed by atoms with van der Waals surface area (Å²) in [6, 6.07) is 15.2. The van der Waals surface area contributed by atoms with Gasteiger partial charge >= 0.3 is 5.97 Å². The van der Waals surface area contributed by atoms with E-state index in [-0.39, 0.29) is 50.4 Å². The number of rotatable bonds is 9. The van der Waals surface area contributed by atoms with Crippen LogP contribution < -0.4 is 20.1 Å². The molecular weight excluding hydrogens is 625 g/mol. The van der Waals surface area contributed by atoms with E-state index in [9.17, 15) is 14.0 Å². The minimum Gasteiger partial charge on any atom is -0.465 e. The van der Waals surface area contributed by atoms with Crippen LogP contribution in [0.2, 0.25) is 5.02 Å². The molecule has 2 aliphatic heterocycles. The van der Waals surface area contributed by atoms with E-state index in [1.807, 2.05) is 0 Å². The van der Waals surface area contributed by atoms with Crippen LogP contribution in [0.5, 0.6) is 11.5 Å². The average Bonchev–Trinajstić information content (AvgIpc) is 3.35. The van der Waals surface area contributed by atoms with Crippen molar-refractivity contribution in [2.45, 2.75) is 31.7 Å². The lowest BCUT2D eigenvalue weighted by Crippen LogP contribution is -2.33. The number of hydrogen-bond acceptors (Lipinski definition) is 7. The van der Waals surface area contributed by atoms with Gasteiger partial charge in [-0.3, -0.25) is 4.79 Å². The van der Waals surface area contributed by atoms with Crippen LogP contribution in [0, 0.1) is 17.5 Å². The third-order valence-electron chi connectivity index (χ3n) is 7.81. The Morgan fingerprint density at radius 1 is 0.957 bits per heavy atom. The number of amides is 1. The molecule has 6 rings (SSSR count). The van der Waals surface area contributed by atoms with Crippen molar-refractivity contribution < 1.29 is 41.7 Å². The van der Waals surface area contributed by atoms with E-state index in [2.05, 4.69) is 10.6 Å². The Kier molecular flexibility index (Phi) is 8.54. The minimum absolute atomic E-state index is 0.00363. The van der Waals surface area contributed by atoms with E-state index in [4.69, 9.17) is 30.5 Å². The number of carbonyl (C=O) groups excluding carboxylic acids is 2. The highest BCUT2D eigenvalue weighted by Crippen LogP contribution is 2.50. The van der Waals surface area contributed by atoms with Crippen molar-refractivity contribution in [3.8, 4) is 22.6 Å². The average molecular weight is 653 g/mol. The molecule has 2 N–H and O–H groups in total. The zero-order chi connectivity index (χ0) is 32.6. The third kappa shape index (κ3) is 6.20. The van der Waals surface area contributed by atoms with Crippen molar-refractivity contribution in [2.24, 2.45) is 0 Å². The molecule has 46 heavy (non-hydrogen) atoms. The Hall–Kier alpha value is -4.74. The Balaban J connectivity index is 1.22. The summed E-state index contributed by atoms with van der Waals surface area (Å²) in [5, 5.41) is 6.06. The third-order valence-corrected chi connectivity index (χ3v) is 8.04. The van der Waals surface area contributed by atoms with Crippen molar-refractivity contribution in [1.29, 1.82) is 0 Å². The zero-order valence-electron chi connectivity index (χ0n) is 24.7. The number of carbonyl (C=O) groups is 2. The fourth-order valence-corrected chi connectivity index (χ4v) is 5.48. The van der Waals surface area contributed by atoms with E-state index < -0.39 is 41.5 Å². The number of hydrogen-bond donors (Lipinski definition) is 2. The standard InChI is InChI=1S/C34H28ClF3N2O6/c1-34(24-8-7-20(35)15-27(24)38)45-30-5-3-4-22(32(30)46-34)23-16-25(36)19(12-26(23)37)14-31(41)40-28-9-6-18(33(42)43-2)13-29(28)39-17-21-10-11-44-21/h3-9,12-13,15-16,21,39H,10-11,14,17H2,1-2H3,(H,40,41)/t21-,34?/m0/s1. The molecule has 4 aromatic carbocycles. The van der Waals surface area contributed by atoms with Crippen LogP contribution in [0.25, 0.3) is 11.1 Å². The highest BCUT2D eigenvalue weighted by Gasteiger charge is 2.42. The number of ether oxygens (including phenoxy) is 4. The molecule has 0 radical (unpaired) electrons. The number of nitrogens with one attached hydrogen (secondary N) is 2. The first-order valence-corrected chi connectivity index (χ1v) is 14.7. The van der Waals surface area contributed by atoms with Gasteiger partial charge in [-0.1, -0.05) is 23.7 Å². The highest BCUT2D eigenvalue weighted by molar-refractivity contribution is 6.30. The van der Waals surface area contributed by atoms with Gasteiger partial charge < -0.3 is 29.6 Å². The van der Waals surface area contributed by atoms with Gasteiger partial charge in [0.2, 0.25) is 5.91 Å². The summed E-state index contributed by atoms with van der Waals surface area (Å²) in [5.41, 5.74) is 0.986. The minimum atomic E-state index is -1.59. The van der Waals surface area contributed by atoms with Gasteiger partial charge in [-0.2, -0.15) is 0 Å². The van der Waals surface area contributed by atoms with Crippen LogP contribution in [-0.4, -0.2) is 38.2 Å². The maximum absolute atomic E-state index is 15.6. The number of halogens is 4. The van der Waals surface area contributed by atoms with Crippen molar-refractivity contribution >= 4 is 34.9 Å². The fourth-order valence-electron chi connectivity index (χ4n) is 5.32. The fraction of sp³-hybridized carbons (Fsp3) is 0.235. The van der Waals surface area contributed by atoms with Crippen LogP contribution in [-0.2, 0) is 26.5 Å². The maximum atomic E-state index is 15.6. The van der Waals surface area contributed by atoms with E-state index in [0.29, 0.717) is 24.5 Å². The molecule has 1 fully saturated rings. The number of para-hydroxylation sites is 1. The Bertz CT molecular complexity index is 1850. The lowest BCUT2D eigenvalue weighted by atomic mass is 10.00. The maximum Gasteiger partial charge on any atom is 0.337 e. The van der Waals surface area contributed by atoms with Crippen molar-refractivity contribution in [3.05, 3.63) is 106 Å². The van der Waals surface area contributed by atoms with E-state index in [1.54, 1.807) is 12.1 Å². The smallest absolute Gasteiger partial charge is 0.337 e. The summed E-state index contributed by atoms with van der Waals surface area (Å²) in [6.07, 6.45) is 0.390. The van der Waals surface area contributed by atoms with Crippen LogP contribution in [0.4, 0.5) is 24.5 Å². The number of anilines is 2. The summed E-state index contributed by atoms with van der Waals surface area (Å²) in [6.45, 7) is 2.61. The van der Waals surface area contributed by atoms with E-state index in [1.165, 1.54) is 50.4 Å². The highest BCUT2D eigenvalue weighted by atomic mass is 35.5.